The standard InChI is InChI=1S/C9H14ClNO3S/c1-8(2)4-3-5-9(8)6-7(12)11(9)15(10,13)14/h3-6H2,1-2H3. The van der Waals surface area contributed by atoms with Gasteiger partial charge in [0.15, 0.2) is 0 Å². The van der Waals surface area contributed by atoms with Crippen molar-refractivity contribution in [3.05, 3.63) is 0 Å². The summed E-state index contributed by atoms with van der Waals surface area (Å²) in [4.78, 5) is 11.4. The minimum atomic E-state index is -3.92. The number of hydrogen-bond acceptors (Lipinski definition) is 3. The summed E-state index contributed by atoms with van der Waals surface area (Å²) in [5.74, 6) is -0.375. The smallest absolute Gasteiger partial charge is 0.274 e. The zero-order valence-corrected chi connectivity index (χ0v) is 10.4. The number of hydrogen-bond donors (Lipinski definition) is 0. The number of β-lactam (4-membered cyclic amide) rings is 1. The Morgan fingerprint density at radius 1 is 1.33 bits per heavy atom. The largest absolute Gasteiger partial charge is 0.324 e. The first-order chi connectivity index (χ1) is 6.71. The fourth-order valence-corrected chi connectivity index (χ4v) is 4.72. The van der Waals surface area contributed by atoms with Gasteiger partial charge in [-0.1, -0.05) is 20.3 Å². The zero-order valence-electron chi connectivity index (χ0n) is 8.79. The number of nitrogens with zero attached hydrogens (tertiary/aromatic N) is 1. The van der Waals surface area contributed by atoms with E-state index in [1.807, 2.05) is 13.8 Å². The Morgan fingerprint density at radius 3 is 2.27 bits per heavy atom. The van der Waals surface area contributed by atoms with Crippen LogP contribution in [0.15, 0.2) is 0 Å². The topological polar surface area (TPSA) is 54.5 Å². The Balaban J connectivity index is 2.44. The molecule has 1 saturated heterocycles. The summed E-state index contributed by atoms with van der Waals surface area (Å²) in [6, 6.07) is 0. The molecular formula is C9H14ClNO3S. The molecule has 0 aromatic rings. The van der Waals surface area contributed by atoms with Crippen molar-refractivity contribution in [2.24, 2.45) is 5.41 Å². The van der Waals surface area contributed by atoms with Crippen LogP contribution < -0.4 is 0 Å². The molecule has 2 rings (SSSR count). The van der Waals surface area contributed by atoms with Crippen LogP contribution >= 0.6 is 10.7 Å². The van der Waals surface area contributed by atoms with E-state index < -0.39 is 14.8 Å². The highest BCUT2D eigenvalue weighted by molar-refractivity contribution is 8.12. The van der Waals surface area contributed by atoms with Crippen LogP contribution in [-0.4, -0.2) is 24.2 Å². The Morgan fingerprint density at radius 2 is 1.93 bits per heavy atom. The second-order valence-electron chi connectivity index (χ2n) is 5.05. The number of carbonyl (C=O) groups is 1. The average molecular weight is 252 g/mol. The van der Waals surface area contributed by atoms with Gasteiger partial charge in [0.1, 0.15) is 0 Å². The monoisotopic (exact) mass is 251 g/mol. The minimum absolute atomic E-state index is 0.164. The fourth-order valence-electron chi connectivity index (χ4n) is 2.97. The number of carbonyl (C=O) groups excluding carboxylic acids is 1. The lowest BCUT2D eigenvalue weighted by Gasteiger charge is -2.54. The van der Waals surface area contributed by atoms with E-state index >= 15 is 0 Å². The molecule has 1 saturated carbocycles. The highest BCUT2D eigenvalue weighted by Crippen LogP contribution is 2.57. The second-order valence-corrected chi connectivity index (χ2v) is 7.41. The Bertz CT molecular complexity index is 417. The van der Waals surface area contributed by atoms with Crippen LogP contribution in [-0.2, 0) is 14.0 Å². The molecule has 1 unspecified atom stereocenters. The van der Waals surface area contributed by atoms with E-state index in [4.69, 9.17) is 10.7 Å². The highest BCUT2D eigenvalue weighted by Gasteiger charge is 2.65. The van der Waals surface area contributed by atoms with Gasteiger partial charge in [0.05, 0.1) is 12.0 Å². The van der Waals surface area contributed by atoms with Crippen molar-refractivity contribution in [2.45, 2.75) is 45.1 Å². The third kappa shape index (κ3) is 1.32. The summed E-state index contributed by atoms with van der Waals surface area (Å²) in [6.45, 7) is 4.00. The molecule has 6 heteroatoms. The van der Waals surface area contributed by atoms with E-state index in [0.29, 0.717) is 6.42 Å². The molecule has 4 nitrogen and oxygen atoms in total. The molecule has 0 aromatic carbocycles. The van der Waals surface area contributed by atoms with Crippen molar-refractivity contribution >= 4 is 25.8 Å². The minimum Gasteiger partial charge on any atom is -0.274 e. The van der Waals surface area contributed by atoms with Crippen molar-refractivity contribution in [3.63, 3.8) is 0 Å². The molecule has 1 heterocycles. The molecule has 86 valence electrons. The summed E-state index contributed by atoms with van der Waals surface area (Å²) in [6.07, 6.45) is 2.93. The van der Waals surface area contributed by atoms with Crippen molar-refractivity contribution in [3.8, 4) is 0 Å². The first-order valence-electron chi connectivity index (χ1n) is 4.99. The SMILES string of the molecule is CC1(C)CCCC12CC(=O)N2S(=O)(=O)Cl. The number of rotatable bonds is 1. The first-order valence-corrected chi connectivity index (χ1v) is 7.25. The molecule has 1 aliphatic carbocycles. The van der Waals surface area contributed by atoms with Gasteiger partial charge in [-0.3, -0.25) is 4.79 Å². The first kappa shape index (κ1) is 11.2. The van der Waals surface area contributed by atoms with Crippen LogP contribution in [0.1, 0.15) is 39.5 Å². The lowest BCUT2D eigenvalue weighted by atomic mass is 9.68. The van der Waals surface area contributed by atoms with Gasteiger partial charge in [-0.2, -0.15) is 8.42 Å². The summed E-state index contributed by atoms with van der Waals surface area (Å²) >= 11 is 0. The molecule has 1 aliphatic heterocycles. The van der Waals surface area contributed by atoms with Gasteiger partial charge < -0.3 is 0 Å². The van der Waals surface area contributed by atoms with Crippen molar-refractivity contribution in [2.75, 3.05) is 0 Å². The summed E-state index contributed by atoms with van der Waals surface area (Å²) in [7, 11) is 1.38. The summed E-state index contributed by atoms with van der Waals surface area (Å²) in [5.41, 5.74) is -0.715. The van der Waals surface area contributed by atoms with E-state index in [-0.39, 0.29) is 11.3 Å². The molecule has 1 atom stereocenters. The van der Waals surface area contributed by atoms with E-state index in [1.54, 1.807) is 0 Å². The Hall–Kier alpha value is -0.290. The molecule has 2 aliphatic rings. The van der Waals surface area contributed by atoms with Crippen LogP contribution in [0.4, 0.5) is 0 Å². The van der Waals surface area contributed by atoms with Crippen LogP contribution in [0, 0.1) is 5.41 Å². The van der Waals surface area contributed by atoms with Gasteiger partial charge in [0.2, 0.25) is 5.91 Å². The van der Waals surface area contributed by atoms with E-state index in [2.05, 4.69) is 0 Å². The summed E-state index contributed by atoms with van der Waals surface area (Å²) < 4.78 is 23.6. The number of halogens is 1. The molecular weight excluding hydrogens is 238 g/mol. The van der Waals surface area contributed by atoms with Gasteiger partial charge in [0.25, 0.3) is 0 Å². The van der Waals surface area contributed by atoms with Crippen LogP contribution in [0.3, 0.4) is 0 Å². The van der Waals surface area contributed by atoms with Gasteiger partial charge in [0, 0.05) is 10.7 Å². The maximum atomic E-state index is 11.4. The third-order valence-electron chi connectivity index (χ3n) is 3.93. The lowest BCUT2D eigenvalue weighted by molar-refractivity contribution is -0.152. The van der Waals surface area contributed by atoms with E-state index in [9.17, 15) is 13.2 Å². The van der Waals surface area contributed by atoms with Gasteiger partial charge in [-0.15, -0.1) is 0 Å². The highest BCUT2D eigenvalue weighted by atomic mass is 35.7. The second kappa shape index (κ2) is 2.88. The third-order valence-corrected chi connectivity index (χ3v) is 5.33. The predicted molar refractivity (Wildman–Crippen MR) is 56.6 cm³/mol. The molecule has 0 aromatic heterocycles. The van der Waals surface area contributed by atoms with E-state index in [1.165, 1.54) is 0 Å². The van der Waals surface area contributed by atoms with Gasteiger partial charge in [-0.05, 0) is 18.3 Å². The average Bonchev–Trinajstić information content (AvgIpc) is 2.23. The quantitative estimate of drug-likeness (QED) is 0.526. The van der Waals surface area contributed by atoms with Crippen LogP contribution in [0.5, 0.6) is 0 Å². The van der Waals surface area contributed by atoms with Crippen LogP contribution in [0.2, 0.25) is 0 Å². The molecule has 15 heavy (non-hydrogen) atoms. The molecule has 0 bridgehead atoms. The fraction of sp³-hybridized carbons (Fsp3) is 0.889. The van der Waals surface area contributed by atoms with Crippen LogP contribution in [0.25, 0.3) is 0 Å². The van der Waals surface area contributed by atoms with Crippen molar-refractivity contribution in [1.82, 2.24) is 4.31 Å². The molecule has 1 amide bonds. The van der Waals surface area contributed by atoms with Gasteiger partial charge in [-0.25, -0.2) is 4.31 Å². The maximum absolute atomic E-state index is 11.4. The normalized spacial score (nSPS) is 34.6. The lowest BCUT2D eigenvalue weighted by Crippen LogP contribution is -2.68. The maximum Gasteiger partial charge on any atom is 0.324 e. The number of amides is 1. The Labute approximate surface area is 94.1 Å². The van der Waals surface area contributed by atoms with Gasteiger partial charge >= 0.3 is 9.24 Å². The Kier molecular flexibility index (Phi) is 2.15. The van der Waals surface area contributed by atoms with Crippen molar-refractivity contribution in [1.29, 1.82) is 0 Å². The predicted octanol–water partition coefficient (Wildman–Crippen LogP) is 1.65. The molecule has 2 fully saturated rings. The molecule has 0 N–H and O–H groups in total. The molecule has 1 spiro atoms. The van der Waals surface area contributed by atoms with E-state index in [0.717, 1.165) is 23.6 Å². The summed E-state index contributed by atoms with van der Waals surface area (Å²) in [5, 5.41) is 0. The zero-order chi connectivity index (χ0) is 11.5. The molecule has 0 radical (unpaired) electrons. The van der Waals surface area contributed by atoms with Crippen molar-refractivity contribution < 1.29 is 13.2 Å².